The number of amides is 1. The fourth-order valence-corrected chi connectivity index (χ4v) is 2.90. The lowest BCUT2D eigenvalue weighted by Gasteiger charge is -2.23. The first-order chi connectivity index (χ1) is 9.79. The highest BCUT2D eigenvalue weighted by Crippen LogP contribution is 2.18. The van der Waals surface area contributed by atoms with Crippen LogP contribution >= 0.6 is 0 Å². The van der Waals surface area contributed by atoms with Gasteiger partial charge in [-0.3, -0.25) is 4.79 Å². The van der Waals surface area contributed by atoms with Gasteiger partial charge in [-0.15, -0.1) is 0 Å². The van der Waals surface area contributed by atoms with Crippen LogP contribution in [0.5, 0.6) is 0 Å². The lowest BCUT2D eigenvalue weighted by molar-refractivity contribution is 0.0562. The highest BCUT2D eigenvalue weighted by molar-refractivity contribution is 7.89. The van der Waals surface area contributed by atoms with Crippen LogP contribution in [0.25, 0.3) is 0 Å². The third-order valence-corrected chi connectivity index (χ3v) is 4.42. The topological polar surface area (TPSA) is 89.7 Å². The maximum absolute atomic E-state index is 12.6. The summed E-state index contributed by atoms with van der Waals surface area (Å²) >= 11 is 0. The summed E-state index contributed by atoms with van der Waals surface area (Å²) in [5.41, 5.74) is 1.10. The molecule has 2 N–H and O–H groups in total. The Bertz CT molecular complexity index is 642. The largest absolute Gasteiger partial charge is 0.377 e. The normalized spacial score (nSPS) is 20.1. The summed E-state index contributed by atoms with van der Waals surface area (Å²) in [5.74, 6) is -0.185. The Morgan fingerprint density at radius 2 is 2.14 bits per heavy atom. The van der Waals surface area contributed by atoms with Crippen LogP contribution in [0.3, 0.4) is 0 Å². The number of benzene rings is 1. The van der Waals surface area contributed by atoms with E-state index in [4.69, 9.17) is 9.88 Å². The van der Waals surface area contributed by atoms with Crippen molar-refractivity contribution in [3.05, 3.63) is 29.3 Å². The second kappa shape index (κ2) is 6.13. The number of ether oxygens (including phenoxy) is 1. The molecule has 1 aromatic rings. The quantitative estimate of drug-likeness (QED) is 0.878. The molecule has 7 heteroatoms. The number of primary sulfonamides is 1. The molecule has 0 aliphatic carbocycles. The van der Waals surface area contributed by atoms with Gasteiger partial charge in [0.15, 0.2) is 0 Å². The Kier molecular flexibility index (Phi) is 4.65. The molecule has 1 fully saturated rings. The molecular formula is C14H20N2O4S. The van der Waals surface area contributed by atoms with E-state index in [9.17, 15) is 13.2 Å². The third-order valence-electron chi connectivity index (χ3n) is 3.51. The van der Waals surface area contributed by atoms with Crippen LogP contribution in [-0.4, -0.2) is 45.0 Å². The van der Waals surface area contributed by atoms with Gasteiger partial charge in [0.1, 0.15) is 0 Å². The van der Waals surface area contributed by atoms with Gasteiger partial charge >= 0.3 is 0 Å². The molecule has 0 unspecified atom stereocenters. The van der Waals surface area contributed by atoms with Gasteiger partial charge in [-0.25, -0.2) is 13.6 Å². The number of carbonyl (C=O) groups is 1. The number of sulfonamides is 1. The second-order valence-electron chi connectivity index (χ2n) is 5.31. The summed E-state index contributed by atoms with van der Waals surface area (Å²) in [6, 6.07) is 4.36. The van der Waals surface area contributed by atoms with Crippen LogP contribution in [0.1, 0.15) is 29.3 Å². The van der Waals surface area contributed by atoms with Crippen molar-refractivity contribution < 1.29 is 17.9 Å². The summed E-state index contributed by atoms with van der Waals surface area (Å²) in [6.07, 6.45) is 0.738. The van der Waals surface area contributed by atoms with E-state index in [0.717, 1.165) is 12.0 Å². The van der Waals surface area contributed by atoms with Crippen LogP contribution in [0.4, 0.5) is 0 Å². The standard InChI is InChI=1S/C14H20N2O4S/c1-10-4-5-12(21(15,18)19)8-13(10)14(17)16-6-3-7-20-11(2)9-16/h4-5,8,11H,3,6-7,9H2,1-2H3,(H2,15,18,19)/t11-/m1/s1. The monoisotopic (exact) mass is 312 g/mol. The molecule has 2 rings (SSSR count). The lowest BCUT2D eigenvalue weighted by Crippen LogP contribution is -2.36. The SMILES string of the molecule is Cc1ccc(S(N)(=O)=O)cc1C(=O)N1CCCO[C@H](C)C1. The van der Waals surface area contributed by atoms with Crippen LogP contribution in [-0.2, 0) is 14.8 Å². The number of rotatable bonds is 2. The Labute approximate surface area is 124 Å². The molecule has 1 amide bonds. The van der Waals surface area contributed by atoms with Gasteiger partial charge in [-0.05, 0) is 38.0 Å². The minimum atomic E-state index is -3.82. The smallest absolute Gasteiger partial charge is 0.254 e. The van der Waals surface area contributed by atoms with E-state index in [-0.39, 0.29) is 16.9 Å². The van der Waals surface area contributed by atoms with Gasteiger partial charge in [0.05, 0.1) is 11.0 Å². The van der Waals surface area contributed by atoms with Crippen LogP contribution in [0, 0.1) is 6.92 Å². The van der Waals surface area contributed by atoms with Crippen molar-refractivity contribution in [2.24, 2.45) is 5.14 Å². The number of nitrogens with two attached hydrogens (primary N) is 1. The van der Waals surface area contributed by atoms with E-state index in [1.54, 1.807) is 17.9 Å². The molecule has 0 radical (unpaired) electrons. The first-order valence-corrected chi connectivity index (χ1v) is 8.38. The number of aryl methyl sites for hydroxylation is 1. The average molecular weight is 312 g/mol. The summed E-state index contributed by atoms with van der Waals surface area (Å²) in [6.45, 7) is 5.42. The van der Waals surface area contributed by atoms with Gasteiger partial charge < -0.3 is 9.64 Å². The van der Waals surface area contributed by atoms with Crippen LogP contribution < -0.4 is 5.14 Å². The lowest BCUT2D eigenvalue weighted by atomic mass is 10.1. The summed E-state index contributed by atoms with van der Waals surface area (Å²) in [7, 11) is -3.82. The highest BCUT2D eigenvalue weighted by Gasteiger charge is 2.23. The van der Waals surface area contributed by atoms with E-state index in [0.29, 0.717) is 25.3 Å². The molecule has 0 spiro atoms. The van der Waals surface area contributed by atoms with E-state index in [2.05, 4.69) is 0 Å². The second-order valence-corrected chi connectivity index (χ2v) is 6.87. The Balaban J connectivity index is 2.34. The number of hydrogen-bond acceptors (Lipinski definition) is 4. The van der Waals surface area contributed by atoms with E-state index in [1.165, 1.54) is 12.1 Å². The van der Waals surface area contributed by atoms with Crippen molar-refractivity contribution in [1.82, 2.24) is 4.90 Å². The molecule has 1 aliphatic heterocycles. The summed E-state index contributed by atoms with van der Waals surface area (Å²) in [5, 5.41) is 5.13. The molecule has 1 saturated heterocycles. The van der Waals surface area contributed by atoms with Crippen molar-refractivity contribution in [1.29, 1.82) is 0 Å². The molecule has 1 aromatic carbocycles. The maximum atomic E-state index is 12.6. The van der Waals surface area contributed by atoms with E-state index in [1.807, 2.05) is 6.92 Å². The zero-order chi connectivity index (χ0) is 15.6. The van der Waals surface area contributed by atoms with E-state index >= 15 is 0 Å². The predicted molar refractivity (Wildman–Crippen MR) is 78.5 cm³/mol. The van der Waals surface area contributed by atoms with E-state index < -0.39 is 10.0 Å². The fraction of sp³-hybridized carbons (Fsp3) is 0.500. The molecule has 1 atom stereocenters. The number of carbonyl (C=O) groups excluding carboxylic acids is 1. The molecule has 116 valence electrons. The van der Waals surface area contributed by atoms with Crippen molar-refractivity contribution in [3.8, 4) is 0 Å². The zero-order valence-corrected chi connectivity index (χ0v) is 13.0. The van der Waals surface area contributed by atoms with Crippen LogP contribution in [0.15, 0.2) is 23.1 Å². The third kappa shape index (κ3) is 3.81. The number of nitrogens with zero attached hydrogens (tertiary/aromatic N) is 1. The van der Waals surface area contributed by atoms with Gasteiger partial charge in [0, 0.05) is 25.3 Å². The van der Waals surface area contributed by atoms with Crippen molar-refractivity contribution in [2.45, 2.75) is 31.3 Å². The Hall–Kier alpha value is -1.44. The first kappa shape index (κ1) is 15.9. The molecular weight excluding hydrogens is 292 g/mol. The molecule has 0 aromatic heterocycles. The zero-order valence-electron chi connectivity index (χ0n) is 12.2. The average Bonchev–Trinajstić information content (AvgIpc) is 2.62. The minimum absolute atomic E-state index is 0.0295. The molecule has 6 nitrogen and oxygen atoms in total. The molecule has 1 aliphatic rings. The minimum Gasteiger partial charge on any atom is -0.377 e. The molecule has 0 bridgehead atoms. The fourth-order valence-electron chi connectivity index (χ4n) is 2.36. The Morgan fingerprint density at radius 1 is 1.43 bits per heavy atom. The van der Waals surface area contributed by atoms with Gasteiger partial charge in [0.25, 0.3) is 5.91 Å². The summed E-state index contributed by atoms with van der Waals surface area (Å²) in [4.78, 5) is 14.3. The summed E-state index contributed by atoms with van der Waals surface area (Å²) < 4.78 is 28.4. The highest BCUT2D eigenvalue weighted by atomic mass is 32.2. The van der Waals surface area contributed by atoms with Gasteiger partial charge in [0.2, 0.25) is 10.0 Å². The first-order valence-electron chi connectivity index (χ1n) is 6.83. The number of hydrogen-bond donors (Lipinski definition) is 1. The molecule has 0 saturated carbocycles. The van der Waals surface area contributed by atoms with Gasteiger partial charge in [-0.2, -0.15) is 0 Å². The predicted octanol–water partition coefficient (Wildman–Crippen LogP) is 0.893. The molecule has 1 heterocycles. The van der Waals surface area contributed by atoms with Crippen molar-refractivity contribution in [2.75, 3.05) is 19.7 Å². The Morgan fingerprint density at radius 3 is 2.81 bits per heavy atom. The van der Waals surface area contributed by atoms with Crippen molar-refractivity contribution >= 4 is 15.9 Å². The van der Waals surface area contributed by atoms with Crippen molar-refractivity contribution in [3.63, 3.8) is 0 Å². The maximum Gasteiger partial charge on any atom is 0.254 e. The van der Waals surface area contributed by atoms with Gasteiger partial charge in [-0.1, -0.05) is 6.07 Å². The van der Waals surface area contributed by atoms with Crippen LogP contribution in [0.2, 0.25) is 0 Å². The molecule has 21 heavy (non-hydrogen) atoms.